The van der Waals surface area contributed by atoms with Crippen molar-refractivity contribution in [2.75, 3.05) is 5.73 Å². The average Bonchev–Trinajstić information content (AvgIpc) is 2.33. The zero-order chi connectivity index (χ0) is 12.3. The summed E-state index contributed by atoms with van der Waals surface area (Å²) in [5, 5.41) is 0. The molecule has 0 unspecified atom stereocenters. The Morgan fingerprint density at radius 3 is 2.65 bits per heavy atom. The van der Waals surface area contributed by atoms with Gasteiger partial charge in [-0.05, 0) is 25.1 Å². The van der Waals surface area contributed by atoms with Crippen LogP contribution in [0.5, 0.6) is 5.75 Å². The zero-order valence-corrected chi connectivity index (χ0v) is 11.2. The molecule has 0 aromatic heterocycles. The van der Waals surface area contributed by atoms with E-state index in [2.05, 4.69) is 15.9 Å². The van der Waals surface area contributed by atoms with Gasteiger partial charge in [-0.15, -0.1) is 0 Å². The molecule has 2 nitrogen and oxygen atoms in total. The highest BCUT2D eigenvalue weighted by Crippen LogP contribution is 2.25. The van der Waals surface area contributed by atoms with Gasteiger partial charge in [-0.2, -0.15) is 0 Å². The highest BCUT2D eigenvalue weighted by molar-refractivity contribution is 9.10. The first-order chi connectivity index (χ1) is 8.18. The van der Waals surface area contributed by atoms with E-state index in [9.17, 15) is 0 Å². The molecule has 0 saturated heterocycles. The molecule has 17 heavy (non-hydrogen) atoms. The lowest BCUT2D eigenvalue weighted by molar-refractivity contribution is 0.303. The van der Waals surface area contributed by atoms with Crippen molar-refractivity contribution < 1.29 is 4.74 Å². The Kier molecular flexibility index (Phi) is 3.69. The maximum atomic E-state index is 5.83. The van der Waals surface area contributed by atoms with Crippen molar-refractivity contribution in [1.82, 2.24) is 0 Å². The summed E-state index contributed by atoms with van der Waals surface area (Å²) in [6.45, 7) is 2.50. The second-order valence-electron chi connectivity index (χ2n) is 3.85. The quantitative estimate of drug-likeness (QED) is 0.870. The fraction of sp³-hybridized carbons (Fsp3) is 0.143. The molecule has 2 aromatic carbocycles. The van der Waals surface area contributed by atoms with E-state index < -0.39 is 0 Å². The molecule has 0 spiro atoms. The topological polar surface area (TPSA) is 35.2 Å². The first-order valence-electron chi connectivity index (χ1n) is 5.40. The molecule has 0 radical (unpaired) electrons. The van der Waals surface area contributed by atoms with Crippen LogP contribution in [-0.4, -0.2) is 0 Å². The molecule has 88 valence electrons. The van der Waals surface area contributed by atoms with Crippen molar-refractivity contribution in [2.24, 2.45) is 0 Å². The van der Waals surface area contributed by atoms with Gasteiger partial charge in [0.2, 0.25) is 0 Å². The Morgan fingerprint density at radius 2 is 1.88 bits per heavy atom. The summed E-state index contributed by atoms with van der Waals surface area (Å²) in [6.07, 6.45) is 0. The standard InChI is InChI=1S/C14H14BrNO/c1-10-13(16)7-4-8-14(10)17-9-11-5-2-3-6-12(11)15/h2-8H,9,16H2,1H3. The Hall–Kier alpha value is -1.48. The summed E-state index contributed by atoms with van der Waals surface area (Å²) in [5.41, 5.74) is 8.69. The van der Waals surface area contributed by atoms with Gasteiger partial charge in [0.15, 0.2) is 0 Å². The predicted molar refractivity (Wildman–Crippen MR) is 74.1 cm³/mol. The van der Waals surface area contributed by atoms with E-state index in [4.69, 9.17) is 10.5 Å². The van der Waals surface area contributed by atoms with Crippen LogP contribution in [0.4, 0.5) is 5.69 Å². The van der Waals surface area contributed by atoms with E-state index in [1.54, 1.807) is 0 Å². The normalized spacial score (nSPS) is 10.2. The summed E-state index contributed by atoms with van der Waals surface area (Å²) < 4.78 is 6.83. The van der Waals surface area contributed by atoms with E-state index >= 15 is 0 Å². The average molecular weight is 292 g/mol. The number of ether oxygens (including phenoxy) is 1. The monoisotopic (exact) mass is 291 g/mol. The van der Waals surface area contributed by atoms with Crippen LogP contribution in [0.3, 0.4) is 0 Å². The minimum absolute atomic E-state index is 0.533. The van der Waals surface area contributed by atoms with Gasteiger partial charge in [0, 0.05) is 21.3 Å². The smallest absolute Gasteiger partial charge is 0.124 e. The van der Waals surface area contributed by atoms with Crippen LogP contribution >= 0.6 is 15.9 Å². The van der Waals surface area contributed by atoms with Crippen molar-refractivity contribution in [3.8, 4) is 5.75 Å². The molecule has 0 heterocycles. The summed E-state index contributed by atoms with van der Waals surface area (Å²) >= 11 is 3.50. The largest absolute Gasteiger partial charge is 0.489 e. The number of hydrogen-bond donors (Lipinski definition) is 1. The molecule has 0 amide bonds. The molecule has 0 aliphatic heterocycles. The summed E-state index contributed by atoms with van der Waals surface area (Å²) in [5.74, 6) is 0.834. The van der Waals surface area contributed by atoms with Crippen LogP contribution in [0.2, 0.25) is 0 Å². The summed E-state index contributed by atoms with van der Waals surface area (Å²) in [6, 6.07) is 13.7. The van der Waals surface area contributed by atoms with Gasteiger partial charge in [0.1, 0.15) is 12.4 Å². The second kappa shape index (κ2) is 5.23. The predicted octanol–water partition coefficient (Wildman–Crippen LogP) is 3.92. The molecule has 0 aliphatic carbocycles. The molecule has 0 bridgehead atoms. The van der Waals surface area contributed by atoms with E-state index in [0.29, 0.717) is 6.61 Å². The third kappa shape index (κ3) is 2.80. The van der Waals surface area contributed by atoms with Crippen molar-refractivity contribution in [2.45, 2.75) is 13.5 Å². The Bertz CT molecular complexity index is 525. The number of rotatable bonds is 3. The molecule has 2 rings (SSSR count). The number of benzene rings is 2. The van der Waals surface area contributed by atoms with E-state index in [1.807, 2.05) is 49.4 Å². The van der Waals surface area contributed by atoms with Crippen LogP contribution in [0.25, 0.3) is 0 Å². The maximum absolute atomic E-state index is 5.83. The van der Waals surface area contributed by atoms with Gasteiger partial charge in [0.05, 0.1) is 0 Å². The third-order valence-electron chi connectivity index (χ3n) is 2.67. The third-order valence-corrected chi connectivity index (χ3v) is 3.44. The molecule has 0 aliphatic rings. The molecule has 0 saturated carbocycles. The van der Waals surface area contributed by atoms with E-state index in [0.717, 1.165) is 27.0 Å². The summed E-state index contributed by atoms with van der Waals surface area (Å²) in [7, 11) is 0. The Balaban J connectivity index is 2.13. The molecule has 3 heteroatoms. The second-order valence-corrected chi connectivity index (χ2v) is 4.70. The molecule has 2 N–H and O–H groups in total. The number of nitrogen functional groups attached to an aromatic ring is 1. The lowest BCUT2D eigenvalue weighted by Gasteiger charge is -2.11. The van der Waals surface area contributed by atoms with Gasteiger partial charge in [0.25, 0.3) is 0 Å². The van der Waals surface area contributed by atoms with Gasteiger partial charge >= 0.3 is 0 Å². The van der Waals surface area contributed by atoms with Crippen LogP contribution in [0, 0.1) is 6.92 Å². The van der Waals surface area contributed by atoms with E-state index in [1.165, 1.54) is 0 Å². The first-order valence-corrected chi connectivity index (χ1v) is 6.19. The lowest BCUT2D eigenvalue weighted by atomic mass is 10.2. The fourth-order valence-corrected chi connectivity index (χ4v) is 1.96. The van der Waals surface area contributed by atoms with E-state index in [-0.39, 0.29) is 0 Å². The van der Waals surface area contributed by atoms with Crippen molar-refractivity contribution >= 4 is 21.6 Å². The highest BCUT2D eigenvalue weighted by atomic mass is 79.9. The minimum Gasteiger partial charge on any atom is -0.489 e. The molecular weight excluding hydrogens is 278 g/mol. The van der Waals surface area contributed by atoms with Gasteiger partial charge < -0.3 is 10.5 Å². The van der Waals surface area contributed by atoms with Crippen molar-refractivity contribution in [3.05, 3.63) is 58.1 Å². The lowest BCUT2D eigenvalue weighted by Crippen LogP contribution is -1.99. The molecular formula is C14H14BrNO. The van der Waals surface area contributed by atoms with Crippen LogP contribution < -0.4 is 10.5 Å². The number of hydrogen-bond acceptors (Lipinski definition) is 2. The number of anilines is 1. The molecule has 0 atom stereocenters. The van der Waals surface area contributed by atoms with Crippen LogP contribution in [-0.2, 0) is 6.61 Å². The fourth-order valence-electron chi connectivity index (χ4n) is 1.56. The summed E-state index contributed by atoms with van der Waals surface area (Å²) in [4.78, 5) is 0. The number of halogens is 1. The van der Waals surface area contributed by atoms with Gasteiger partial charge in [-0.1, -0.05) is 40.2 Å². The van der Waals surface area contributed by atoms with Gasteiger partial charge in [-0.25, -0.2) is 0 Å². The SMILES string of the molecule is Cc1c(N)cccc1OCc1ccccc1Br. The number of nitrogens with two attached hydrogens (primary N) is 1. The van der Waals surface area contributed by atoms with Crippen molar-refractivity contribution in [3.63, 3.8) is 0 Å². The Morgan fingerprint density at radius 1 is 1.12 bits per heavy atom. The zero-order valence-electron chi connectivity index (χ0n) is 9.61. The highest BCUT2D eigenvalue weighted by Gasteiger charge is 2.04. The maximum Gasteiger partial charge on any atom is 0.124 e. The van der Waals surface area contributed by atoms with Crippen LogP contribution in [0.1, 0.15) is 11.1 Å². The van der Waals surface area contributed by atoms with Gasteiger partial charge in [-0.3, -0.25) is 0 Å². The first kappa shape index (κ1) is 12.0. The Labute approximate surface area is 110 Å². The molecule has 2 aromatic rings. The van der Waals surface area contributed by atoms with Crippen LogP contribution in [0.15, 0.2) is 46.9 Å². The molecule has 0 fully saturated rings. The van der Waals surface area contributed by atoms with Crippen molar-refractivity contribution in [1.29, 1.82) is 0 Å². The minimum atomic E-state index is 0.533.